The molecule has 0 aromatic heterocycles. The number of thioether (sulfide) groups is 1. The predicted octanol–water partition coefficient (Wildman–Crippen LogP) is 5.01. The van der Waals surface area contributed by atoms with Crippen LogP contribution >= 0.6 is 11.8 Å². The minimum Gasteiger partial charge on any atom is -0.0901 e. The molecule has 1 heteroatoms. The van der Waals surface area contributed by atoms with Gasteiger partial charge in [0.05, 0.1) is 0 Å². The first kappa shape index (κ1) is 11.7. The van der Waals surface area contributed by atoms with Gasteiger partial charge < -0.3 is 0 Å². The molecule has 0 radical (unpaired) electrons. The smallest absolute Gasteiger partial charge is 0.0122 e. The Balaban J connectivity index is 2.09. The predicted molar refractivity (Wildman–Crippen MR) is 76.9 cm³/mol. The Bertz CT molecular complexity index is 512. The molecule has 0 amide bonds. The van der Waals surface area contributed by atoms with E-state index in [0.717, 1.165) is 16.0 Å². The fourth-order valence-corrected chi connectivity index (χ4v) is 2.31. The van der Waals surface area contributed by atoms with Gasteiger partial charge in [-0.2, -0.15) is 0 Å². The van der Waals surface area contributed by atoms with Crippen LogP contribution in [0.1, 0.15) is 5.56 Å². The Morgan fingerprint density at radius 1 is 0.765 bits per heavy atom. The maximum Gasteiger partial charge on any atom is 0.0122 e. The van der Waals surface area contributed by atoms with Crippen molar-refractivity contribution in [1.29, 1.82) is 0 Å². The van der Waals surface area contributed by atoms with Gasteiger partial charge in [-0.25, -0.2) is 0 Å². The largest absolute Gasteiger partial charge is 0.0901 e. The zero-order chi connectivity index (χ0) is 12.1. The van der Waals surface area contributed by atoms with Crippen molar-refractivity contribution in [2.75, 3.05) is 0 Å². The maximum absolute atomic E-state index is 4.10. The van der Waals surface area contributed by atoms with Crippen LogP contribution in [0, 0.1) is 0 Å². The SMILES string of the molecule is C=C(Sc1ccccc1)C(=C)c1ccccc1. The average molecular weight is 238 g/mol. The van der Waals surface area contributed by atoms with E-state index in [1.165, 1.54) is 4.90 Å². The molecule has 17 heavy (non-hydrogen) atoms. The molecule has 0 heterocycles. The molecular formula is C16H14S. The minimum absolute atomic E-state index is 0.986. The van der Waals surface area contributed by atoms with Gasteiger partial charge in [0, 0.05) is 9.80 Å². The summed E-state index contributed by atoms with van der Waals surface area (Å²) in [6.45, 7) is 8.19. The zero-order valence-corrected chi connectivity index (χ0v) is 10.4. The second-order valence-electron chi connectivity index (χ2n) is 3.68. The summed E-state index contributed by atoms with van der Waals surface area (Å²) in [5.74, 6) is 0. The zero-order valence-electron chi connectivity index (χ0n) is 9.60. The molecule has 0 nitrogen and oxygen atoms in total. The molecule has 0 saturated heterocycles. The van der Waals surface area contributed by atoms with E-state index < -0.39 is 0 Å². The lowest BCUT2D eigenvalue weighted by Gasteiger charge is -2.08. The third-order valence-corrected chi connectivity index (χ3v) is 3.44. The van der Waals surface area contributed by atoms with Gasteiger partial charge in [-0.1, -0.05) is 73.5 Å². The monoisotopic (exact) mass is 238 g/mol. The van der Waals surface area contributed by atoms with Gasteiger partial charge >= 0.3 is 0 Å². The lowest BCUT2D eigenvalue weighted by Crippen LogP contribution is -1.83. The highest BCUT2D eigenvalue weighted by Gasteiger charge is 2.04. The molecule has 0 saturated carbocycles. The normalized spacial score (nSPS) is 9.88. The Morgan fingerprint density at radius 3 is 1.88 bits per heavy atom. The number of benzene rings is 2. The molecule has 0 aliphatic rings. The molecule has 0 bridgehead atoms. The van der Waals surface area contributed by atoms with Gasteiger partial charge in [-0.3, -0.25) is 0 Å². The summed E-state index contributed by atoms with van der Waals surface area (Å²) in [6, 6.07) is 20.4. The average Bonchev–Trinajstić information content (AvgIpc) is 2.40. The molecule has 0 fully saturated rings. The fraction of sp³-hybridized carbons (Fsp3) is 0. The van der Waals surface area contributed by atoms with Crippen LogP contribution < -0.4 is 0 Å². The molecule has 0 atom stereocenters. The molecule has 0 N–H and O–H groups in total. The van der Waals surface area contributed by atoms with E-state index in [1.807, 2.05) is 36.4 Å². The van der Waals surface area contributed by atoms with Gasteiger partial charge in [0.1, 0.15) is 0 Å². The summed E-state index contributed by atoms with van der Waals surface area (Å²) in [5.41, 5.74) is 2.11. The third kappa shape index (κ3) is 3.11. The minimum atomic E-state index is 0.986. The summed E-state index contributed by atoms with van der Waals surface area (Å²) in [7, 11) is 0. The lowest BCUT2D eigenvalue weighted by atomic mass is 10.1. The molecule has 0 unspecified atom stereocenters. The van der Waals surface area contributed by atoms with Gasteiger partial charge in [0.2, 0.25) is 0 Å². The molecule has 0 aliphatic carbocycles. The first-order valence-corrected chi connectivity index (χ1v) is 6.25. The number of hydrogen-bond acceptors (Lipinski definition) is 1. The van der Waals surface area contributed by atoms with E-state index in [-0.39, 0.29) is 0 Å². The Hall–Kier alpha value is -1.73. The van der Waals surface area contributed by atoms with Crippen molar-refractivity contribution in [1.82, 2.24) is 0 Å². The molecule has 2 aromatic carbocycles. The quantitative estimate of drug-likeness (QED) is 0.533. The molecule has 84 valence electrons. The molecular weight excluding hydrogens is 224 g/mol. The van der Waals surface area contributed by atoms with Crippen LogP contribution in [0.3, 0.4) is 0 Å². The van der Waals surface area contributed by atoms with Gasteiger partial charge in [0.15, 0.2) is 0 Å². The Kier molecular flexibility index (Phi) is 3.84. The van der Waals surface area contributed by atoms with Crippen LogP contribution in [-0.4, -0.2) is 0 Å². The fourth-order valence-electron chi connectivity index (χ4n) is 1.49. The second-order valence-corrected chi connectivity index (χ2v) is 4.85. The van der Waals surface area contributed by atoms with Crippen molar-refractivity contribution in [3.05, 3.63) is 84.3 Å². The molecule has 0 spiro atoms. The van der Waals surface area contributed by atoms with E-state index >= 15 is 0 Å². The van der Waals surface area contributed by atoms with Crippen molar-refractivity contribution in [2.24, 2.45) is 0 Å². The van der Waals surface area contributed by atoms with Gasteiger partial charge in [0.25, 0.3) is 0 Å². The van der Waals surface area contributed by atoms with E-state index in [2.05, 4.69) is 37.4 Å². The highest BCUT2D eigenvalue weighted by molar-refractivity contribution is 8.03. The summed E-state index contributed by atoms with van der Waals surface area (Å²) < 4.78 is 0. The Labute approximate surface area is 107 Å². The van der Waals surface area contributed by atoms with E-state index in [9.17, 15) is 0 Å². The topological polar surface area (TPSA) is 0 Å². The highest BCUT2D eigenvalue weighted by Crippen LogP contribution is 2.33. The first-order chi connectivity index (χ1) is 8.27. The summed E-state index contributed by atoms with van der Waals surface area (Å²) in [6.07, 6.45) is 0. The summed E-state index contributed by atoms with van der Waals surface area (Å²) >= 11 is 1.65. The van der Waals surface area contributed by atoms with Crippen LogP contribution in [-0.2, 0) is 0 Å². The second kappa shape index (κ2) is 5.55. The number of hydrogen-bond donors (Lipinski definition) is 0. The summed E-state index contributed by atoms with van der Waals surface area (Å²) in [5, 5.41) is 0. The Morgan fingerprint density at radius 2 is 1.29 bits per heavy atom. The van der Waals surface area contributed by atoms with Crippen LogP contribution in [0.25, 0.3) is 5.57 Å². The standard InChI is InChI=1S/C16H14S/c1-13(15-9-5-3-6-10-15)14(2)17-16-11-7-4-8-12-16/h3-12H,1-2H2. The van der Waals surface area contributed by atoms with E-state index in [1.54, 1.807) is 11.8 Å². The first-order valence-electron chi connectivity index (χ1n) is 5.44. The van der Waals surface area contributed by atoms with Crippen LogP contribution in [0.4, 0.5) is 0 Å². The van der Waals surface area contributed by atoms with Crippen molar-refractivity contribution in [2.45, 2.75) is 4.90 Å². The van der Waals surface area contributed by atoms with E-state index in [4.69, 9.17) is 0 Å². The van der Waals surface area contributed by atoms with Gasteiger partial charge in [-0.05, 0) is 23.3 Å². The van der Waals surface area contributed by atoms with Crippen LogP contribution in [0.15, 0.2) is 83.6 Å². The maximum atomic E-state index is 4.10. The third-order valence-electron chi connectivity index (χ3n) is 2.44. The molecule has 2 aromatic rings. The van der Waals surface area contributed by atoms with Gasteiger partial charge in [-0.15, -0.1) is 0 Å². The summed E-state index contributed by atoms with van der Waals surface area (Å²) in [4.78, 5) is 2.18. The molecule has 2 rings (SSSR count). The van der Waals surface area contributed by atoms with Crippen molar-refractivity contribution >= 4 is 17.3 Å². The van der Waals surface area contributed by atoms with Crippen molar-refractivity contribution < 1.29 is 0 Å². The highest BCUT2D eigenvalue weighted by atomic mass is 32.2. The van der Waals surface area contributed by atoms with Crippen molar-refractivity contribution in [3.8, 4) is 0 Å². The number of rotatable bonds is 4. The van der Waals surface area contributed by atoms with E-state index in [0.29, 0.717) is 0 Å². The van der Waals surface area contributed by atoms with Crippen molar-refractivity contribution in [3.63, 3.8) is 0 Å². The molecule has 0 aliphatic heterocycles. The van der Waals surface area contributed by atoms with Crippen LogP contribution in [0.2, 0.25) is 0 Å². The van der Waals surface area contributed by atoms with Crippen LogP contribution in [0.5, 0.6) is 0 Å². The lowest BCUT2D eigenvalue weighted by molar-refractivity contribution is 1.47. The number of allylic oxidation sites excluding steroid dienone is 1.